The molecule has 8 nitrogen and oxygen atoms in total. The summed E-state index contributed by atoms with van der Waals surface area (Å²) in [4.78, 5) is 15.8. The third-order valence-corrected chi connectivity index (χ3v) is 4.65. The highest BCUT2D eigenvalue weighted by Crippen LogP contribution is 2.30. The van der Waals surface area contributed by atoms with E-state index >= 15 is 0 Å². The molecule has 4 aromatic rings. The van der Waals surface area contributed by atoms with Crippen LogP contribution in [0.2, 0.25) is 0 Å². The average Bonchev–Trinajstić information content (AvgIpc) is 3.31. The summed E-state index contributed by atoms with van der Waals surface area (Å²) in [7, 11) is 0. The number of carbonyl (C=O) groups is 1. The minimum Gasteiger partial charge on any atom is -0.477 e. The lowest BCUT2D eigenvalue weighted by Gasteiger charge is -2.10. The van der Waals surface area contributed by atoms with E-state index in [4.69, 9.17) is 0 Å². The lowest BCUT2D eigenvalue weighted by molar-refractivity contribution is 0.0684. The number of aromatic carboxylic acids is 1. The minimum absolute atomic E-state index is 0.226. The van der Waals surface area contributed by atoms with Crippen LogP contribution in [-0.2, 0) is 6.54 Å². The average molecular weight is 374 g/mol. The molecule has 0 radical (unpaired) electrons. The Labute approximate surface area is 160 Å². The molecule has 0 fully saturated rings. The van der Waals surface area contributed by atoms with E-state index in [-0.39, 0.29) is 5.69 Å². The van der Waals surface area contributed by atoms with Crippen LogP contribution in [-0.4, -0.2) is 41.3 Å². The second-order valence-electron chi connectivity index (χ2n) is 6.46. The molecule has 2 heterocycles. The zero-order valence-corrected chi connectivity index (χ0v) is 15.4. The Hall–Kier alpha value is -3.81. The first-order chi connectivity index (χ1) is 13.5. The van der Waals surface area contributed by atoms with Gasteiger partial charge in [-0.15, -0.1) is 10.2 Å². The Balaban J connectivity index is 1.66. The highest BCUT2D eigenvalue weighted by atomic mass is 16.4. The van der Waals surface area contributed by atoms with Crippen molar-refractivity contribution in [1.29, 1.82) is 0 Å². The van der Waals surface area contributed by atoms with Crippen LogP contribution < -0.4 is 0 Å². The van der Waals surface area contributed by atoms with Crippen molar-refractivity contribution in [3.63, 3.8) is 0 Å². The molecule has 0 aliphatic rings. The molecule has 2 aromatic carbocycles. The van der Waals surface area contributed by atoms with Crippen LogP contribution in [0.1, 0.15) is 27.6 Å². The summed E-state index contributed by atoms with van der Waals surface area (Å²) in [5.74, 6) is 0.250. The number of aromatic amines is 1. The topological polar surface area (TPSA) is 110 Å². The third kappa shape index (κ3) is 3.16. The van der Waals surface area contributed by atoms with Crippen LogP contribution >= 0.6 is 0 Å². The van der Waals surface area contributed by atoms with Crippen LogP contribution in [0.3, 0.4) is 0 Å². The van der Waals surface area contributed by atoms with Gasteiger partial charge in [-0.25, -0.2) is 9.78 Å². The molecule has 0 bridgehead atoms. The number of tetrazole rings is 1. The molecule has 2 aromatic heterocycles. The molecule has 0 unspecified atom stereocenters. The van der Waals surface area contributed by atoms with Gasteiger partial charge in [0, 0.05) is 12.1 Å². The van der Waals surface area contributed by atoms with Crippen LogP contribution in [0.15, 0.2) is 48.5 Å². The standard InChI is InChI=1S/C20H18N6O2/c1-12-18(20(27)28)26(13(2)21-12)11-14-7-9-15(10-8-14)16-5-3-4-6-17(16)19-22-24-25-23-19/h3-10H,11H2,1-2H3,(H,27,28)(H,22,23,24,25). The van der Waals surface area contributed by atoms with Gasteiger partial charge in [0.1, 0.15) is 5.82 Å². The second kappa shape index (κ2) is 7.07. The van der Waals surface area contributed by atoms with Gasteiger partial charge in [-0.2, -0.15) is 5.21 Å². The van der Waals surface area contributed by atoms with Gasteiger partial charge in [0.05, 0.1) is 5.69 Å². The molecule has 28 heavy (non-hydrogen) atoms. The molecule has 2 N–H and O–H groups in total. The van der Waals surface area contributed by atoms with Gasteiger partial charge < -0.3 is 9.67 Å². The fourth-order valence-electron chi connectivity index (χ4n) is 3.35. The van der Waals surface area contributed by atoms with E-state index < -0.39 is 5.97 Å². The van der Waals surface area contributed by atoms with Crippen molar-refractivity contribution in [1.82, 2.24) is 30.2 Å². The van der Waals surface area contributed by atoms with Crippen molar-refractivity contribution in [3.05, 3.63) is 71.3 Å². The monoisotopic (exact) mass is 374 g/mol. The van der Waals surface area contributed by atoms with Crippen LogP contribution in [0.5, 0.6) is 0 Å². The normalized spacial score (nSPS) is 10.9. The summed E-state index contributed by atoms with van der Waals surface area (Å²) in [5, 5.41) is 23.7. The fraction of sp³-hybridized carbons (Fsp3) is 0.150. The summed E-state index contributed by atoms with van der Waals surface area (Å²) >= 11 is 0. The predicted molar refractivity (Wildman–Crippen MR) is 103 cm³/mol. The van der Waals surface area contributed by atoms with Gasteiger partial charge in [0.2, 0.25) is 5.82 Å². The number of H-pyrrole nitrogens is 1. The number of rotatable bonds is 5. The van der Waals surface area contributed by atoms with E-state index in [1.165, 1.54) is 0 Å². The third-order valence-electron chi connectivity index (χ3n) is 4.65. The number of carboxylic acid groups (broad SMARTS) is 1. The summed E-state index contributed by atoms with van der Waals surface area (Å²) < 4.78 is 1.72. The van der Waals surface area contributed by atoms with Gasteiger partial charge in [-0.05, 0) is 35.8 Å². The van der Waals surface area contributed by atoms with Gasteiger partial charge in [0.15, 0.2) is 5.69 Å². The van der Waals surface area contributed by atoms with E-state index in [1.54, 1.807) is 11.5 Å². The SMILES string of the molecule is Cc1nc(C)n(Cc2ccc(-c3ccccc3-c3nn[nH]n3)cc2)c1C(=O)O. The molecule has 8 heteroatoms. The van der Waals surface area contributed by atoms with E-state index in [9.17, 15) is 9.90 Å². The Bertz CT molecular complexity index is 1130. The van der Waals surface area contributed by atoms with Crippen LogP contribution in [0.4, 0.5) is 0 Å². The molecular formula is C20H18N6O2. The molecule has 140 valence electrons. The number of imidazole rings is 1. The molecule has 0 atom stereocenters. The van der Waals surface area contributed by atoms with Gasteiger partial charge in [-0.3, -0.25) is 0 Å². The van der Waals surface area contributed by atoms with Crippen molar-refractivity contribution in [3.8, 4) is 22.5 Å². The molecule has 0 aliphatic heterocycles. The number of aryl methyl sites for hydroxylation is 2. The number of aromatic nitrogens is 6. The maximum atomic E-state index is 11.6. The van der Waals surface area contributed by atoms with Crippen molar-refractivity contribution in [2.75, 3.05) is 0 Å². The highest BCUT2D eigenvalue weighted by molar-refractivity contribution is 5.87. The zero-order chi connectivity index (χ0) is 19.7. The summed E-state index contributed by atoms with van der Waals surface area (Å²) in [6.45, 7) is 3.97. The first-order valence-electron chi connectivity index (χ1n) is 8.74. The number of carboxylic acids is 1. The van der Waals surface area contributed by atoms with Crippen molar-refractivity contribution in [2.24, 2.45) is 0 Å². The molecule has 4 rings (SSSR count). The molecule has 0 saturated carbocycles. The summed E-state index contributed by atoms with van der Waals surface area (Å²) in [6.07, 6.45) is 0. The van der Waals surface area contributed by atoms with E-state index in [0.29, 0.717) is 23.9 Å². The molecular weight excluding hydrogens is 356 g/mol. The predicted octanol–water partition coefficient (Wildman–Crippen LogP) is 3.09. The van der Waals surface area contributed by atoms with Crippen LogP contribution in [0, 0.1) is 13.8 Å². The number of hydrogen-bond acceptors (Lipinski definition) is 5. The number of hydrogen-bond donors (Lipinski definition) is 2. The first-order valence-corrected chi connectivity index (χ1v) is 8.74. The minimum atomic E-state index is -0.969. The van der Waals surface area contributed by atoms with E-state index in [2.05, 4.69) is 25.6 Å². The maximum absolute atomic E-state index is 11.6. The van der Waals surface area contributed by atoms with Crippen molar-refractivity contribution < 1.29 is 9.90 Å². The fourth-order valence-corrected chi connectivity index (χ4v) is 3.35. The Kier molecular flexibility index (Phi) is 4.44. The van der Waals surface area contributed by atoms with Crippen LogP contribution in [0.25, 0.3) is 22.5 Å². The quantitative estimate of drug-likeness (QED) is 0.555. The summed E-state index contributed by atoms with van der Waals surface area (Å²) in [6, 6.07) is 15.8. The van der Waals surface area contributed by atoms with Gasteiger partial charge >= 0.3 is 5.97 Å². The zero-order valence-electron chi connectivity index (χ0n) is 15.4. The maximum Gasteiger partial charge on any atom is 0.354 e. The summed E-state index contributed by atoms with van der Waals surface area (Å²) in [5.41, 5.74) is 4.64. The molecule has 0 spiro atoms. The first kappa shape index (κ1) is 17.6. The molecule has 0 aliphatic carbocycles. The van der Waals surface area contributed by atoms with Crippen molar-refractivity contribution >= 4 is 5.97 Å². The number of nitrogens with one attached hydrogen (secondary N) is 1. The van der Waals surface area contributed by atoms with E-state index in [1.807, 2.05) is 55.5 Å². The lowest BCUT2D eigenvalue weighted by Crippen LogP contribution is -2.11. The van der Waals surface area contributed by atoms with E-state index in [0.717, 1.165) is 22.3 Å². The number of nitrogens with zero attached hydrogens (tertiary/aromatic N) is 5. The lowest BCUT2D eigenvalue weighted by atomic mass is 9.98. The smallest absolute Gasteiger partial charge is 0.354 e. The molecule has 0 saturated heterocycles. The Morgan fingerprint density at radius 2 is 1.79 bits per heavy atom. The number of benzene rings is 2. The van der Waals surface area contributed by atoms with Gasteiger partial charge in [0.25, 0.3) is 0 Å². The Morgan fingerprint density at radius 1 is 1.07 bits per heavy atom. The molecule has 0 amide bonds. The largest absolute Gasteiger partial charge is 0.477 e. The highest BCUT2D eigenvalue weighted by Gasteiger charge is 2.18. The van der Waals surface area contributed by atoms with Gasteiger partial charge in [-0.1, -0.05) is 48.5 Å². The van der Waals surface area contributed by atoms with Crippen molar-refractivity contribution in [2.45, 2.75) is 20.4 Å². The second-order valence-corrected chi connectivity index (χ2v) is 6.46. The Morgan fingerprint density at radius 3 is 2.43 bits per heavy atom.